The van der Waals surface area contributed by atoms with Gasteiger partial charge in [0.25, 0.3) is 5.91 Å². The zero-order valence-corrected chi connectivity index (χ0v) is 12.2. The number of nitrogens with one attached hydrogen (secondary N) is 1. The molecule has 23 heavy (non-hydrogen) atoms. The molecule has 0 atom stereocenters. The van der Waals surface area contributed by atoms with Crippen LogP contribution in [0.25, 0.3) is 0 Å². The number of hydrogen-bond acceptors (Lipinski definition) is 4. The largest absolute Gasteiger partial charge is 0.478 e. The average Bonchev–Trinajstić information content (AvgIpc) is 2.91. The molecule has 1 aromatic rings. The van der Waals surface area contributed by atoms with Crippen LogP contribution in [0.4, 0.5) is 0 Å². The summed E-state index contributed by atoms with van der Waals surface area (Å²) in [6.45, 7) is 1.22. The van der Waals surface area contributed by atoms with E-state index in [1.165, 1.54) is 12.1 Å². The minimum atomic E-state index is -1.38. The van der Waals surface area contributed by atoms with E-state index in [-0.39, 0.29) is 29.1 Å². The molecule has 1 aliphatic rings. The fourth-order valence-corrected chi connectivity index (χ4v) is 2.39. The Morgan fingerprint density at radius 2 is 1.87 bits per heavy atom. The Morgan fingerprint density at radius 3 is 2.43 bits per heavy atom. The van der Waals surface area contributed by atoms with Crippen LogP contribution in [0, 0.1) is 0 Å². The fraction of sp³-hybridized carbons (Fsp3) is 0.333. The molecular weight excluding hydrogens is 304 g/mol. The van der Waals surface area contributed by atoms with E-state index in [1.54, 1.807) is 4.90 Å². The highest BCUT2D eigenvalue weighted by molar-refractivity contribution is 6.06. The first-order valence-electron chi connectivity index (χ1n) is 7.06. The number of benzene rings is 1. The maximum absolute atomic E-state index is 12.1. The second kappa shape index (κ2) is 6.91. The first kappa shape index (κ1) is 16.5. The summed E-state index contributed by atoms with van der Waals surface area (Å²) in [6.07, 6.45) is 1.31. The molecule has 8 nitrogen and oxygen atoms in total. The monoisotopic (exact) mass is 320 g/mol. The second-order valence-electron chi connectivity index (χ2n) is 5.11. The molecule has 8 heteroatoms. The molecule has 1 aliphatic heterocycles. The summed E-state index contributed by atoms with van der Waals surface area (Å²) >= 11 is 0. The smallest absolute Gasteiger partial charge is 0.336 e. The third kappa shape index (κ3) is 3.85. The quantitative estimate of drug-likeness (QED) is 0.698. The molecule has 0 saturated carbocycles. The highest BCUT2D eigenvalue weighted by Gasteiger charge is 2.21. The summed E-state index contributed by atoms with van der Waals surface area (Å²) in [6, 6.07) is 3.29. The predicted molar refractivity (Wildman–Crippen MR) is 78.5 cm³/mol. The van der Waals surface area contributed by atoms with Crippen LogP contribution in [-0.4, -0.2) is 58.5 Å². The molecule has 1 aromatic carbocycles. The molecule has 3 N–H and O–H groups in total. The van der Waals surface area contributed by atoms with Crippen LogP contribution in [0.1, 0.15) is 43.9 Å². The van der Waals surface area contributed by atoms with E-state index in [2.05, 4.69) is 5.32 Å². The number of rotatable bonds is 6. The van der Waals surface area contributed by atoms with Crippen molar-refractivity contribution in [3.63, 3.8) is 0 Å². The molecule has 0 aromatic heterocycles. The van der Waals surface area contributed by atoms with Crippen molar-refractivity contribution < 1.29 is 29.4 Å². The molecule has 0 spiro atoms. The Morgan fingerprint density at radius 1 is 1.13 bits per heavy atom. The van der Waals surface area contributed by atoms with E-state index in [4.69, 9.17) is 10.2 Å². The van der Waals surface area contributed by atoms with E-state index in [1.807, 2.05) is 0 Å². The van der Waals surface area contributed by atoms with Gasteiger partial charge >= 0.3 is 11.9 Å². The molecular formula is C15H16N2O6. The summed E-state index contributed by atoms with van der Waals surface area (Å²) in [5.41, 5.74) is -0.698. The number of carboxylic acids is 2. The number of aromatic carboxylic acids is 2. The number of carbonyl (C=O) groups is 4. The number of likely N-dealkylation sites (tertiary alicyclic amines) is 1. The Bertz CT molecular complexity index is 670. The van der Waals surface area contributed by atoms with Crippen molar-refractivity contribution in [2.24, 2.45) is 0 Å². The first-order chi connectivity index (χ1) is 10.9. The lowest BCUT2D eigenvalue weighted by Crippen LogP contribution is -2.36. The molecule has 0 radical (unpaired) electrons. The van der Waals surface area contributed by atoms with Crippen molar-refractivity contribution in [3.8, 4) is 0 Å². The van der Waals surface area contributed by atoms with E-state index < -0.39 is 17.8 Å². The van der Waals surface area contributed by atoms with Gasteiger partial charge in [-0.3, -0.25) is 9.59 Å². The minimum Gasteiger partial charge on any atom is -0.478 e. The van der Waals surface area contributed by atoms with Gasteiger partial charge in [0.1, 0.15) is 0 Å². The van der Waals surface area contributed by atoms with Crippen molar-refractivity contribution in [2.45, 2.75) is 12.8 Å². The normalized spacial score (nSPS) is 13.9. The summed E-state index contributed by atoms with van der Waals surface area (Å²) < 4.78 is 0. The van der Waals surface area contributed by atoms with Crippen molar-refractivity contribution >= 4 is 23.8 Å². The summed E-state index contributed by atoms with van der Waals surface area (Å²) in [7, 11) is 0. The average molecular weight is 320 g/mol. The zero-order valence-electron chi connectivity index (χ0n) is 12.2. The molecule has 1 fully saturated rings. The Balaban J connectivity index is 2.05. The van der Waals surface area contributed by atoms with Gasteiger partial charge in [0.15, 0.2) is 0 Å². The molecule has 0 unspecified atom stereocenters. The van der Waals surface area contributed by atoms with Gasteiger partial charge in [0.2, 0.25) is 5.91 Å². The molecule has 2 rings (SSSR count). The SMILES string of the molecule is O=C(O)c1ccc(C(=O)NCCN2CCCC2=O)c(C(=O)O)c1. The van der Waals surface area contributed by atoms with Crippen LogP contribution < -0.4 is 5.32 Å². The van der Waals surface area contributed by atoms with Gasteiger partial charge in [-0.15, -0.1) is 0 Å². The number of nitrogens with zero attached hydrogens (tertiary/aromatic N) is 1. The minimum absolute atomic E-state index is 0.0382. The van der Waals surface area contributed by atoms with Gasteiger partial charge in [-0.1, -0.05) is 0 Å². The number of hydrogen-bond donors (Lipinski definition) is 3. The van der Waals surface area contributed by atoms with Crippen LogP contribution in [0.2, 0.25) is 0 Å². The lowest BCUT2D eigenvalue weighted by atomic mass is 10.0. The van der Waals surface area contributed by atoms with E-state index >= 15 is 0 Å². The molecule has 2 amide bonds. The lowest BCUT2D eigenvalue weighted by molar-refractivity contribution is -0.127. The van der Waals surface area contributed by atoms with Gasteiger partial charge < -0.3 is 20.4 Å². The molecule has 122 valence electrons. The molecule has 1 saturated heterocycles. The first-order valence-corrected chi connectivity index (χ1v) is 7.06. The lowest BCUT2D eigenvalue weighted by Gasteiger charge is -2.16. The number of amides is 2. The van der Waals surface area contributed by atoms with E-state index in [9.17, 15) is 19.2 Å². The van der Waals surface area contributed by atoms with E-state index in [0.717, 1.165) is 12.5 Å². The van der Waals surface area contributed by atoms with Crippen molar-refractivity contribution in [1.82, 2.24) is 10.2 Å². The fourth-order valence-electron chi connectivity index (χ4n) is 2.39. The zero-order chi connectivity index (χ0) is 17.0. The van der Waals surface area contributed by atoms with Crippen LogP contribution in [0.15, 0.2) is 18.2 Å². The maximum atomic E-state index is 12.1. The highest BCUT2D eigenvalue weighted by Crippen LogP contribution is 2.13. The summed E-state index contributed by atoms with van der Waals surface area (Å²) in [5, 5.41) is 20.6. The van der Waals surface area contributed by atoms with Gasteiger partial charge in [0, 0.05) is 26.1 Å². The van der Waals surface area contributed by atoms with Gasteiger partial charge in [0.05, 0.1) is 16.7 Å². The van der Waals surface area contributed by atoms with Crippen LogP contribution in [0.5, 0.6) is 0 Å². The number of carbonyl (C=O) groups excluding carboxylic acids is 2. The maximum Gasteiger partial charge on any atom is 0.336 e. The molecule has 0 aliphatic carbocycles. The third-order valence-electron chi connectivity index (χ3n) is 3.58. The summed E-state index contributed by atoms with van der Waals surface area (Å²) in [5.74, 6) is -3.23. The molecule has 0 bridgehead atoms. The van der Waals surface area contributed by atoms with Gasteiger partial charge in [-0.2, -0.15) is 0 Å². The highest BCUT2D eigenvalue weighted by atomic mass is 16.4. The van der Waals surface area contributed by atoms with Crippen LogP contribution in [-0.2, 0) is 4.79 Å². The van der Waals surface area contributed by atoms with Gasteiger partial charge in [-0.05, 0) is 24.6 Å². The standard InChI is InChI=1S/C15H16N2O6/c18-12-2-1-6-17(12)7-5-16-13(19)10-4-3-9(14(20)21)8-11(10)15(22)23/h3-4,8H,1-2,5-7H2,(H,16,19)(H,20,21)(H,22,23). The van der Waals surface area contributed by atoms with E-state index in [0.29, 0.717) is 19.5 Å². The topological polar surface area (TPSA) is 124 Å². The summed E-state index contributed by atoms with van der Waals surface area (Å²) in [4.78, 5) is 47.2. The Hall–Kier alpha value is -2.90. The van der Waals surface area contributed by atoms with Crippen molar-refractivity contribution in [2.75, 3.05) is 19.6 Å². The Labute approximate surface area is 131 Å². The van der Waals surface area contributed by atoms with Crippen molar-refractivity contribution in [3.05, 3.63) is 34.9 Å². The number of carboxylic acid groups (broad SMARTS) is 2. The van der Waals surface area contributed by atoms with Crippen LogP contribution in [0.3, 0.4) is 0 Å². The van der Waals surface area contributed by atoms with Crippen LogP contribution >= 0.6 is 0 Å². The molecule has 1 heterocycles. The van der Waals surface area contributed by atoms with Gasteiger partial charge in [-0.25, -0.2) is 9.59 Å². The Kier molecular flexibility index (Phi) is 4.95. The van der Waals surface area contributed by atoms with Crippen molar-refractivity contribution in [1.29, 1.82) is 0 Å². The predicted octanol–water partition coefficient (Wildman–Crippen LogP) is 0.435. The second-order valence-corrected chi connectivity index (χ2v) is 5.11. The third-order valence-corrected chi connectivity index (χ3v) is 3.58.